The van der Waals surface area contributed by atoms with Crippen LogP contribution in [0.5, 0.6) is 0 Å². The van der Waals surface area contributed by atoms with Crippen molar-refractivity contribution < 1.29 is 14.1 Å². The number of carbonyl (C=O) groups is 1. The number of amides is 1. The largest absolute Gasteiger partial charge is 0.380 e. The van der Waals surface area contributed by atoms with Crippen LogP contribution in [0.4, 0.5) is 0 Å². The van der Waals surface area contributed by atoms with Crippen LogP contribution >= 0.6 is 0 Å². The van der Waals surface area contributed by atoms with Crippen LogP contribution in [0, 0.1) is 11.3 Å². The predicted octanol–water partition coefficient (Wildman–Crippen LogP) is 0.948. The molecule has 0 saturated carbocycles. The van der Waals surface area contributed by atoms with E-state index in [0.29, 0.717) is 19.1 Å². The lowest BCUT2D eigenvalue weighted by atomic mass is 9.81. The van der Waals surface area contributed by atoms with Gasteiger partial charge >= 0.3 is 0 Å². The molecular weight excluding hydrogens is 308 g/mol. The van der Waals surface area contributed by atoms with Crippen molar-refractivity contribution in [3.05, 3.63) is 48.1 Å². The van der Waals surface area contributed by atoms with E-state index in [1.165, 1.54) is 11.8 Å². The van der Waals surface area contributed by atoms with E-state index in [1.54, 1.807) is 6.07 Å². The van der Waals surface area contributed by atoms with Crippen molar-refractivity contribution in [1.29, 1.82) is 0 Å². The van der Waals surface area contributed by atoms with Gasteiger partial charge in [0.05, 0.1) is 19.4 Å². The average molecular weight is 328 g/mol. The van der Waals surface area contributed by atoms with Gasteiger partial charge in [-0.05, 0) is 17.7 Å². The van der Waals surface area contributed by atoms with Crippen molar-refractivity contribution in [1.82, 2.24) is 20.4 Å². The van der Waals surface area contributed by atoms with Crippen LogP contribution in [0.1, 0.15) is 16.1 Å². The molecule has 4 heterocycles. The van der Waals surface area contributed by atoms with Crippen LogP contribution in [-0.4, -0.2) is 53.8 Å². The van der Waals surface area contributed by atoms with Gasteiger partial charge in [-0.25, -0.2) is 0 Å². The van der Waals surface area contributed by atoms with Crippen molar-refractivity contribution >= 4 is 5.91 Å². The van der Waals surface area contributed by atoms with Crippen molar-refractivity contribution in [2.45, 2.75) is 6.54 Å². The lowest BCUT2D eigenvalue weighted by Crippen LogP contribution is -2.43. The number of hydrogen-bond acceptors (Lipinski definition) is 6. The molecule has 0 bridgehead atoms. The Morgan fingerprint density at radius 1 is 1.33 bits per heavy atom. The number of rotatable bonds is 5. The summed E-state index contributed by atoms with van der Waals surface area (Å²) in [4.78, 5) is 18.6. The number of likely N-dealkylation sites (tertiary alicyclic amines) is 1. The molecule has 0 spiro atoms. The molecule has 2 aromatic rings. The second-order valence-corrected chi connectivity index (χ2v) is 6.66. The summed E-state index contributed by atoms with van der Waals surface area (Å²) in [7, 11) is 0. The topological polar surface area (TPSA) is 80.5 Å². The molecule has 2 atom stereocenters. The van der Waals surface area contributed by atoms with E-state index in [9.17, 15) is 4.79 Å². The third kappa shape index (κ3) is 2.92. The second-order valence-electron chi connectivity index (χ2n) is 6.66. The molecule has 2 saturated heterocycles. The Balaban J connectivity index is 1.40. The van der Waals surface area contributed by atoms with E-state index in [0.717, 1.165) is 26.2 Å². The summed E-state index contributed by atoms with van der Waals surface area (Å²) in [6, 6.07) is 5.66. The standard InChI is InChI=1S/C17H20N4O3/c22-16(15-3-6-20-24-15)19-10-17-11-21(8-14(17)9-23-12-17)7-13-1-4-18-5-2-13/h1-6,14H,7-12H2,(H,19,22)/t14-,17+/m0/s1. The molecule has 24 heavy (non-hydrogen) atoms. The number of hydrogen-bond donors (Lipinski definition) is 1. The Morgan fingerprint density at radius 3 is 3.00 bits per heavy atom. The monoisotopic (exact) mass is 328 g/mol. The first kappa shape index (κ1) is 15.3. The summed E-state index contributed by atoms with van der Waals surface area (Å²) < 4.78 is 10.6. The van der Waals surface area contributed by atoms with Gasteiger partial charge in [0.2, 0.25) is 5.76 Å². The molecule has 1 amide bonds. The van der Waals surface area contributed by atoms with Gasteiger partial charge in [0, 0.05) is 56.0 Å². The maximum atomic E-state index is 12.1. The van der Waals surface area contributed by atoms with Crippen molar-refractivity contribution in [3.8, 4) is 0 Å². The van der Waals surface area contributed by atoms with E-state index >= 15 is 0 Å². The summed E-state index contributed by atoms with van der Waals surface area (Å²) in [6.45, 7) is 4.82. The van der Waals surface area contributed by atoms with E-state index in [-0.39, 0.29) is 17.1 Å². The molecule has 0 aromatic carbocycles. The molecule has 2 fully saturated rings. The minimum Gasteiger partial charge on any atom is -0.380 e. The molecule has 1 N–H and O–H groups in total. The summed E-state index contributed by atoms with van der Waals surface area (Å²) in [5.41, 5.74) is 1.23. The summed E-state index contributed by atoms with van der Waals surface area (Å²) in [5, 5.41) is 6.56. The quantitative estimate of drug-likeness (QED) is 0.880. The zero-order valence-electron chi connectivity index (χ0n) is 13.4. The maximum absolute atomic E-state index is 12.1. The van der Waals surface area contributed by atoms with Gasteiger partial charge in [0.15, 0.2) is 0 Å². The van der Waals surface area contributed by atoms with Gasteiger partial charge in [-0.1, -0.05) is 5.16 Å². The number of nitrogens with zero attached hydrogens (tertiary/aromatic N) is 3. The van der Waals surface area contributed by atoms with Gasteiger partial charge in [-0.3, -0.25) is 14.7 Å². The highest BCUT2D eigenvalue weighted by Crippen LogP contribution is 2.41. The minimum atomic E-state index is -0.222. The number of carbonyl (C=O) groups excluding carboxylic acids is 1. The number of ether oxygens (including phenoxy) is 1. The van der Waals surface area contributed by atoms with Gasteiger partial charge < -0.3 is 14.6 Å². The van der Waals surface area contributed by atoms with Crippen LogP contribution in [0.3, 0.4) is 0 Å². The van der Waals surface area contributed by atoms with Gasteiger partial charge in [-0.2, -0.15) is 0 Å². The molecule has 4 rings (SSSR count). The zero-order chi connectivity index (χ0) is 16.4. The van der Waals surface area contributed by atoms with Crippen LogP contribution in [0.2, 0.25) is 0 Å². The maximum Gasteiger partial charge on any atom is 0.289 e. The predicted molar refractivity (Wildman–Crippen MR) is 85.1 cm³/mol. The third-order valence-electron chi connectivity index (χ3n) is 5.01. The molecule has 126 valence electrons. The molecule has 0 unspecified atom stereocenters. The third-order valence-corrected chi connectivity index (χ3v) is 5.01. The fraction of sp³-hybridized carbons (Fsp3) is 0.471. The highest BCUT2D eigenvalue weighted by molar-refractivity contribution is 5.91. The van der Waals surface area contributed by atoms with E-state index in [2.05, 4.69) is 20.4 Å². The Labute approximate surface area is 140 Å². The van der Waals surface area contributed by atoms with Crippen LogP contribution in [0.25, 0.3) is 0 Å². The summed E-state index contributed by atoms with van der Waals surface area (Å²) in [6.07, 6.45) is 5.12. The summed E-state index contributed by atoms with van der Waals surface area (Å²) in [5.74, 6) is 0.461. The van der Waals surface area contributed by atoms with E-state index in [4.69, 9.17) is 9.26 Å². The Kier molecular flexibility index (Phi) is 4.03. The minimum absolute atomic E-state index is 0.0251. The zero-order valence-corrected chi connectivity index (χ0v) is 13.4. The fourth-order valence-electron chi connectivity index (χ4n) is 3.74. The molecule has 7 nitrogen and oxygen atoms in total. The molecule has 0 radical (unpaired) electrons. The second kappa shape index (κ2) is 6.33. The molecule has 2 aromatic heterocycles. The highest BCUT2D eigenvalue weighted by atomic mass is 16.5. The van der Waals surface area contributed by atoms with Gasteiger partial charge in [-0.15, -0.1) is 0 Å². The lowest BCUT2D eigenvalue weighted by molar-refractivity contribution is 0.0869. The van der Waals surface area contributed by atoms with Gasteiger partial charge in [0.1, 0.15) is 0 Å². The van der Waals surface area contributed by atoms with Crippen LogP contribution in [0.15, 0.2) is 41.3 Å². The van der Waals surface area contributed by atoms with Crippen molar-refractivity contribution in [2.24, 2.45) is 11.3 Å². The number of pyridine rings is 1. The SMILES string of the molecule is O=C(NC[C@@]12COC[C@@H]1CN(Cc1ccncc1)C2)c1ccno1. The normalized spacial score (nSPS) is 26.4. The van der Waals surface area contributed by atoms with Crippen LogP contribution in [-0.2, 0) is 11.3 Å². The van der Waals surface area contributed by atoms with Crippen LogP contribution < -0.4 is 5.32 Å². The Morgan fingerprint density at radius 2 is 2.21 bits per heavy atom. The summed E-state index contributed by atoms with van der Waals surface area (Å²) >= 11 is 0. The number of fused-ring (bicyclic) bond motifs is 1. The van der Waals surface area contributed by atoms with Crippen molar-refractivity contribution in [3.63, 3.8) is 0 Å². The molecule has 2 aliphatic rings. The number of aromatic nitrogens is 2. The smallest absolute Gasteiger partial charge is 0.289 e. The molecule has 2 aliphatic heterocycles. The number of nitrogens with one attached hydrogen (secondary N) is 1. The first-order valence-electron chi connectivity index (χ1n) is 8.13. The first-order chi connectivity index (χ1) is 11.8. The molecule has 7 heteroatoms. The van der Waals surface area contributed by atoms with E-state index < -0.39 is 0 Å². The molecule has 0 aliphatic carbocycles. The van der Waals surface area contributed by atoms with E-state index in [1.807, 2.05) is 24.5 Å². The molecular formula is C17H20N4O3. The first-order valence-corrected chi connectivity index (χ1v) is 8.13. The average Bonchev–Trinajstić information content (AvgIpc) is 3.29. The fourth-order valence-corrected chi connectivity index (χ4v) is 3.74. The van der Waals surface area contributed by atoms with Gasteiger partial charge in [0.25, 0.3) is 5.91 Å². The van der Waals surface area contributed by atoms with Crippen molar-refractivity contribution in [2.75, 3.05) is 32.8 Å². The Hall–Kier alpha value is -2.25. The Bertz CT molecular complexity index is 691. The highest BCUT2D eigenvalue weighted by Gasteiger charge is 2.50. The lowest BCUT2D eigenvalue weighted by Gasteiger charge is -2.27.